The van der Waals surface area contributed by atoms with E-state index in [1.807, 2.05) is 20.8 Å². The van der Waals surface area contributed by atoms with Gasteiger partial charge in [0, 0.05) is 23.7 Å². The number of rotatable bonds is 6. The Morgan fingerprint density at radius 1 is 1.35 bits per heavy atom. The van der Waals surface area contributed by atoms with Crippen molar-refractivity contribution in [1.29, 1.82) is 0 Å². The number of benzene rings is 1. The second-order valence-corrected chi connectivity index (χ2v) is 8.55. The lowest BCUT2D eigenvalue weighted by atomic mass is 9.85. The number of ether oxygens (including phenoxy) is 2. The average molecular weight is 466 g/mol. The first kappa shape index (κ1) is 23.8. The zero-order valence-electron chi connectivity index (χ0n) is 17.1. The Morgan fingerprint density at radius 3 is 2.58 bits per heavy atom. The van der Waals surface area contributed by atoms with E-state index in [4.69, 9.17) is 25.9 Å². The number of hydrazine groups is 2. The molecule has 2 aliphatic rings. The first-order valence-corrected chi connectivity index (χ1v) is 9.83. The molecule has 8 nitrogen and oxygen atoms in total. The number of hydrogen-bond donors (Lipinski definition) is 2. The number of hydrogen-bond acceptors (Lipinski definition) is 8. The van der Waals surface area contributed by atoms with E-state index in [-0.39, 0.29) is 11.3 Å². The SMILES string of the molecule is CC(C)(C)c1cc2c(cc1Cl)C=C(C(=O)OCONN(O)N1CCC1)[C@@H](C(F)(F)F)O2. The topological polar surface area (TPSA) is 83.5 Å². The van der Waals surface area contributed by atoms with Gasteiger partial charge in [-0.05, 0) is 40.9 Å². The average Bonchev–Trinajstić information content (AvgIpc) is 2.60. The van der Waals surface area contributed by atoms with E-state index in [0.29, 0.717) is 29.0 Å². The molecule has 1 atom stereocenters. The highest BCUT2D eigenvalue weighted by Gasteiger charge is 2.49. The number of carbonyl (C=O) groups excluding carboxylic acids is 1. The van der Waals surface area contributed by atoms with E-state index in [0.717, 1.165) is 12.5 Å². The Balaban J connectivity index is 1.75. The largest absolute Gasteiger partial charge is 0.475 e. The van der Waals surface area contributed by atoms with Crippen molar-refractivity contribution in [3.63, 3.8) is 0 Å². The summed E-state index contributed by atoms with van der Waals surface area (Å²) >= 11 is 6.29. The van der Waals surface area contributed by atoms with Crippen molar-refractivity contribution in [2.45, 2.75) is 44.9 Å². The van der Waals surface area contributed by atoms with Crippen molar-refractivity contribution in [2.75, 3.05) is 19.9 Å². The minimum absolute atomic E-state index is 0.0309. The van der Waals surface area contributed by atoms with Gasteiger partial charge in [-0.2, -0.15) is 13.2 Å². The number of fused-ring (bicyclic) bond motifs is 1. The molecule has 1 fully saturated rings. The van der Waals surface area contributed by atoms with Gasteiger partial charge >= 0.3 is 12.1 Å². The molecule has 0 aromatic heterocycles. The highest BCUT2D eigenvalue weighted by molar-refractivity contribution is 6.31. The lowest BCUT2D eigenvalue weighted by molar-refractivity contribution is -0.367. The third-order valence-electron chi connectivity index (χ3n) is 4.77. The third-order valence-corrected chi connectivity index (χ3v) is 5.09. The van der Waals surface area contributed by atoms with Crippen LogP contribution in [0.2, 0.25) is 5.02 Å². The van der Waals surface area contributed by atoms with Crippen LogP contribution in [0.5, 0.6) is 5.75 Å². The summed E-state index contributed by atoms with van der Waals surface area (Å²) in [4.78, 5) is 17.1. The molecule has 0 spiro atoms. The van der Waals surface area contributed by atoms with Gasteiger partial charge in [0.1, 0.15) is 5.75 Å². The molecular formula is C19H23ClF3N3O5. The van der Waals surface area contributed by atoms with Gasteiger partial charge in [0.2, 0.25) is 12.9 Å². The first-order chi connectivity index (χ1) is 14.4. The number of nitrogens with zero attached hydrogens (tertiary/aromatic N) is 2. The molecule has 2 heterocycles. The summed E-state index contributed by atoms with van der Waals surface area (Å²) in [6.07, 6.45) is -5.43. The number of esters is 1. The molecule has 1 aromatic rings. The maximum Gasteiger partial charge on any atom is 0.430 e. The lowest BCUT2D eigenvalue weighted by Crippen LogP contribution is -2.55. The molecular weight excluding hydrogens is 443 g/mol. The molecule has 0 unspecified atom stereocenters. The summed E-state index contributed by atoms with van der Waals surface area (Å²) in [5.41, 5.74) is 1.75. The van der Waals surface area contributed by atoms with Gasteiger partial charge in [0.15, 0.2) is 0 Å². The van der Waals surface area contributed by atoms with Gasteiger partial charge in [-0.15, -0.1) is 0 Å². The number of halogens is 4. The van der Waals surface area contributed by atoms with Gasteiger partial charge in [-0.3, -0.25) is 5.21 Å². The van der Waals surface area contributed by atoms with Crippen LogP contribution in [0.15, 0.2) is 17.7 Å². The van der Waals surface area contributed by atoms with E-state index in [9.17, 15) is 23.2 Å². The number of nitrogens with one attached hydrogen (secondary N) is 1. The highest BCUT2D eigenvalue weighted by atomic mass is 35.5. The molecule has 31 heavy (non-hydrogen) atoms. The number of alkyl halides is 3. The van der Waals surface area contributed by atoms with Crippen LogP contribution in [-0.4, -0.2) is 53.6 Å². The summed E-state index contributed by atoms with van der Waals surface area (Å²) in [5.74, 6) is -1.31. The van der Waals surface area contributed by atoms with Crippen LogP contribution < -0.4 is 10.3 Å². The fourth-order valence-corrected chi connectivity index (χ4v) is 3.45. The summed E-state index contributed by atoms with van der Waals surface area (Å²) in [6, 6.07) is 2.90. The Hall–Kier alpha value is -1.89. The van der Waals surface area contributed by atoms with Gasteiger partial charge in [-0.25, -0.2) is 14.6 Å². The minimum Gasteiger partial charge on any atom is -0.475 e. The molecule has 2 aliphatic heterocycles. The molecule has 2 N–H and O–H groups in total. The minimum atomic E-state index is -4.86. The summed E-state index contributed by atoms with van der Waals surface area (Å²) < 4.78 is 50.7. The van der Waals surface area contributed by atoms with Crippen molar-refractivity contribution >= 4 is 23.6 Å². The van der Waals surface area contributed by atoms with Gasteiger partial charge in [0.25, 0.3) is 0 Å². The van der Waals surface area contributed by atoms with Crippen molar-refractivity contribution < 1.29 is 37.5 Å². The molecule has 3 rings (SSSR count). The predicted octanol–water partition coefficient (Wildman–Crippen LogP) is 3.59. The van der Waals surface area contributed by atoms with E-state index in [1.165, 1.54) is 17.1 Å². The summed E-state index contributed by atoms with van der Waals surface area (Å²) in [5, 5.41) is 11.9. The van der Waals surface area contributed by atoms with Crippen molar-refractivity contribution in [2.24, 2.45) is 0 Å². The Morgan fingerprint density at radius 2 is 2.03 bits per heavy atom. The molecule has 1 aromatic carbocycles. The monoisotopic (exact) mass is 465 g/mol. The van der Waals surface area contributed by atoms with Gasteiger partial charge in [0.05, 0.1) is 5.57 Å². The highest BCUT2D eigenvalue weighted by Crippen LogP contribution is 2.42. The fourth-order valence-electron chi connectivity index (χ4n) is 3.00. The second-order valence-electron chi connectivity index (χ2n) is 8.14. The molecule has 1 saturated heterocycles. The van der Waals surface area contributed by atoms with Crippen LogP contribution in [0.25, 0.3) is 6.08 Å². The summed E-state index contributed by atoms with van der Waals surface area (Å²) in [6.45, 7) is 6.06. The normalized spacial score (nSPS) is 19.4. The first-order valence-electron chi connectivity index (χ1n) is 9.45. The maximum atomic E-state index is 13.6. The molecule has 12 heteroatoms. The van der Waals surface area contributed by atoms with E-state index in [2.05, 4.69) is 5.59 Å². The third kappa shape index (κ3) is 5.48. The van der Waals surface area contributed by atoms with E-state index < -0.39 is 36.0 Å². The van der Waals surface area contributed by atoms with Crippen molar-refractivity contribution in [1.82, 2.24) is 15.9 Å². The standard InChI is InChI=1S/C19H23ClF3N3O5/c1-18(2,3)13-9-15-11(8-14(13)20)7-12(16(31-15)19(21,22)23)17(27)29-10-30-24-26(28)25-5-4-6-25/h7-9,16,24,28H,4-6,10H2,1-3H3/t16-/m0/s1. The quantitative estimate of drug-likeness (QED) is 0.285. The zero-order valence-corrected chi connectivity index (χ0v) is 17.9. The second kappa shape index (κ2) is 8.93. The van der Waals surface area contributed by atoms with Gasteiger partial charge in [-0.1, -0.05) is 38.0 Å². The molecule has 0 saturated carbocycles. The van der Waals surface area contributed by atoms with E-state index >= 15 is 0 Å². The molecule has 172 valence electrons. The van der Waals surface area contributed by atoms with Crippen molar-refractivity contribution in [3.8, 4) is 5.75 Å². The van der Waals surface area contributed by atoms with Crippen LogP contribution >= 0.6 is 11.6 Å². The Bertz CT molecular complexity index is 869. The number of carbonyl (C=O) groups is 1. The molecule has 0 radical (unpaired) electrons. The van der Waals surface area contributed by atoms with E-state index in [1.54, 1.807) is 0 Å². The van der Waals surface area contributed by atoms with Gasteiger partial charge < -0.3 is 9.47 Å². The zero-order chi connectivity index (χ0) is 23.0. The van der Waals surface area contributed by atoms with Crippen LogP contribution in [0.1, 0.15) is 38.3 Å². The molecule has 0 aliphatic carbocycles. The lowest BCUT2D eigenvalue weighted by Gasteiger charge is -2.35. The van der Waals surface area contributed by atoms with Crippen LogP contribution in [-0.2, 0) is 19.8 Å². The summed E-state index contributed by atoms with van der Waals surface area (Å²) in [7, 11) is 0. The Kier molecular flexibility index (Phi) is 6.84. The molecule has 0 bridgehead atoms. The van der Waals surface area contributed by atoms with Crippen LogP contribution in [0.3, 0.4) is 0 Å². The fraction of sp³-hybridized carbons (Fsp3) is 0.526. The van der Waals surface area contributed by atoms with Crippen LogP contribution in [0, 0.1) is 0 Å². The molecule has 0 amide bonds. The van der Waals surface area contributed by atoms with Crippen molar-refractivity contribution in [3.05, 3.63) is 33.9 Å². The maximum absolute atomic E-state index is 13.6. The predicted molar refractivity (Wildman–Crippen MR) is 104 cm³/mol. The smallest absolute Gasteiger partial charge is 0.430 e. The van der Waals surface area contributed by atoms with Crippen LogP contribution in [0.4, 0.5) is 13.2 Å². The Labute approximate surface area is 181 Å².